The fourth-order valence-corrected chi connectivity index (χ4v) is 11.6. The summed E-state index contributed by atoms with van der Waals surface area (Å²) in [6.45, 7) is 0. The Hall–Kier alpha value is -12.8. The van der Waals surface area contributed by atoms with Gasteiger partial charge in [-0.3, -0.25) is 0 Å². The monoisotopic (exact) mass is 1180 g/mol. The average molecular weight is 1180 g/mol. The molecule has 0 aliphatic heterocycles. The van der Waals surface area contributed by atoms with Crippen molar-refractivity contribution in [3.8, 4) is 148 Å². The SMILES string of the molecule is c1ccc(-c2nc(-c3ccccc3)nc(-c3ccc4ccccc4c3-c3nc(-c4ccccc4)nc(-c4ccc(-c5ccc(-c6nc(-c7ccccc7)nc(-c7cccc8cccc(-c9nc(-c%10ccccc%10)nc(-c%10ccccc%10)n9)c78)n6)cc5)cc4)n3)n2)cc1. The van der Waals surface area contributed by atoms with Crippen LogP contribution in [0.1, 0.15) is 0 Å². The highest BCUT2D eigenvalue weighted by atomic mass is 15.1. The summed E-state index contributed by atoms with van der Waals surface area (Å²) in [5, 5.41) is 3.86. The van der Waals surface area contributed by atoms with Crippen LogP contribution in [0.15, 0.2) is 303 Å². The molecule has 0 atom stereocenters. The summed E-state index contributed by atoms with van der Waals surface area (Å²) in [5.41, 5.74) is 12.1. The van der Waals surface area contributed by atoms with Crippen molar-refractivity contribution in [2.45, 2.75) is 0 Å². The van der Waals surface area contributed by atoms with E-state index in [0.29, 0.717) is 69.9 Å². The van der Waals surface area contributed by atoms with Gasteiger partial charge in [0.1, 0.15) is 0 Å². The van der Waals surface area contributed by atoms with Gasteiger partial charge in [0.2, 0.25) is 0 Å². The van der Waals surface area contributed by atoms with Gasteiger partial charge in [-0.25, -0.2) is 59.8 Å². The number of hydrogen-bond donors (Lipinski definition) is 0. The highest BCUT2D eigenvalue weighted by Crippen LogP contribution is 2.40. The maximum absolute atomic E-state index is 5.35. The number of nitrogens with zero attached hydrogens (tertiary/aromatic N) is 12. The molecule has 0 aliphatic rings. The number of rotatable bonds is 13. The minimum Gasteiger partial charge on any atom is -0.208 e. The molecule has 16 rings (SSSR count). The molecule has 0 saturated heterocycles. The van der Waals surface area contributed by atoms with Crippen LogP contribution in [0.5, 0.6) is 0 Å². The molecule has 430 valence electrons. The van der Waals surface area contributed by atoms with Crippen molar-refractivity contribution >= 4 is 21.5 Å². The third-order valence-electron chi connectivity index (χ3n) is 16.1. The van der Waals surface area contributed by atoms with Crippen LogP contribution in [0, 0.1) is 0 Å². The Bertz CT molecular complexity index is 5240. The van der Waals surface area contributed by atoms with E-state index in [-0.39, 0.29) is 0 Å². The lowest BCUT2D eigenvalue weighted by molar-refractivity contribution is 1.06. The lowest BCUT2D eigenvalue weighted by Crippen LogP contribution is -2.04. The van der Waals surface area contributed by atoms with Gasteiger partial charge in [-0.05, 0) is 33.4 Å². The second-order valence-electron chi connectivity index (χ2n) is 22.0. The number of hydrogen-bond acceptors (Lipinski definition) is 12. The second kappa shape index (κ2) is 24.1. The zero-order chi connectivity index (χ0) is 61.2. The Morgan fingerprint density at radius 2 is 0.391 bits per heavy atom. The molecule has 0 amide bonds. The molecule has 12 nitrogen and oxygen atoms in total. The smallest absolute Gasteiger partial charge is 0.165 e. The minimum absolute atomic E-state index is 0.485. The Balaban J connectivity index is 0.773. The standard InChI is InChI=1S/C80H50N12/c1-7-24-55(25-8-1)69-81-70(56-26-9-2-10-27-56)86-77(85-69)64-39-21-36-54-37-22-40-65(67(54)64)78-87-73(59-32-15-5-16-33-59)83-75(90-78)61-45-41-51(42-46-61)52-43-47-62(48-44-52)76-84-74(60-34-17-6-18-35-60)91-80(92-76)68-63-38-20-19-23-53(63)49-50-66(68)79-88-71(57-28-11-3-12-29-57)82-72(89-79)58-30-13-4-14-31-58/h1-50H. The van der Waals surface area contributed by atoms with Gasteiger partial charge in [-0.1, -0.05) is 297 Å². The first-order valence-electron chi connectivity index (χ1n) is 30.2. The number of aromatic nitrogens is 12. The molecular formula is C80H50N12. The largest absolute Gasteiger partial charge is 0.208 e. The van der Waals surface area contributed by atoms with Gasteiger partial charge < -0.3 is 0 Å². The predicted molar refractivity (Wildman–Crippen MR) is 366 cm³/mol. The molecule has 16 aromatic rings. The van der Waals surface area contributed by atoms with E-state index >= 15 is 0 Å². The van der Waals surface area contributed by atoms with Crippen LogP contribution in [-0.4, -0.2) is 59.8 Å². The first-order chi connectivity index (χ1) is 45.6. The number of benzene rings is 12. The van der Waals surface area contributed by atoms with Crippen LogP contribution in [0.25, 0.3) is 169 Å². The van der Waals surface area contributed by atoms with Crippen LogP contribution < -0.4 is 0 Å². The van der Waals surface area contributed by atoms with Crippen LogP contribution in [-0.2, 0) is 0 Å². The van der Waals surface area contributed by atoms with Gasteiger partial charge in [0.05, 0.1) is 0 Å². The summed E-state index contributed by atoms with van der Waals surface area (Å²) < 4.78 is 0. The quantitative estimate of drug-likeness (QED) is 0.108. The zero-order valence-electron chi connectivity index (χ0n) is 49.2. The Morgan fingerprint density at radius 1 is 0.141 bits per heavy atom. The highest BCUT2D eigenvalue weighted by Gasteiger charge is 2.24. The van der Waals surface area contributed by atoms with E-state index in [2.05, 4.69) is 97.1 Å². The van der Waals surface area contributed by atoms with Gasteiger partial charge in [-0.15, -0.1) is 0 Å². The van der Waals surface area contributed by atoms with Gasteiger partial charge >= 0.3 is 0 Å². The molecule has 0 unspecified atom stereocenters. The van der Waals surface area contributed by atoms with Gasteiger partial charge in [0.15, 0.2) is 69.9 Å². The molecular weight excluding hydrogens is 1130 g/mol. The predicted octanol–water partition coefficient (Wildman–Crippen LogP) is 18.4. The van der Waals surface area contributed by atoms with E-state index in [9.17, 15) is 0 Å². The molecule has 4 heterocycles. The Labute approximate surface area is 529 Å². The first-order valence-corrected chi connectivity index (χ1v) is 30.2. The van der Waals surface area contributed by atoms with Crippen molar-refractivity contribution < 1.29 is 0 Å². The van der Waals surface area contributed by atoms with E-state index in [1.54, 1.807) is 0 Å². The first kappa shape index (κ1) is 54.6. The molecule has 0 spiro atoms. The van der Waals surface area contributed by atoms with Gasteiger partial charge in [0.25, 0.3) is 0 Å². The molecule has 12 aromatic carbocycles. The highest BCUT2D eigenvalue weighted by molar-refractivity contribution is 6.05. The Kier molecular flexibility index (Phi) is 14.3. The lowest BCUT2D eigenvalue weighted by atomic mass is 9.97. The minimum atomic E-state index is 0.485. The molecule has 0 saturated carbocycles. The van der Waals surface area contributed by atoms with Crippen LogP contribution in [0.3, 0.4) is 0 Å². The van der Waals surface area contributed by atoms with E-state index in [0.717, 1.165) is 99.4 Å². The molecule has 4 aromatic heterocycles. The van der Waals surface area contributed by atoms with Crippen molar-refractivity contribution in [3.05, 3.63) is 303 Å². The van der Waals surface area contributed by atoms with Gasteiger partial charge in [0, 0.05) is 72.1 Å². The summed E-state index contributed by atoms with van der Waals surface area (Å²) in [6, 6.07) is 102. The molecule has 92 heavy (non-hydrogen) atoms. The summed E-state index contributed by atoms with van der Waals surface area (Å²) in [6.07, 6.45) is 0. The molecule has 0 bridgehead atoms. The molecule has 0 aliphatic carbocycles. The topological polar surface area (TPSA) is 155 Å². The summed E-state index contributed by atoms with van der Waals surface area (Å²) >= 11 is 0. The van der Waals surface area contributed by atoms with Gasteiger partial charge in [-0.2, -0.15) is 0 Å². The summed E-state index contributed by atoms with van der Waals surface area (Å²) in [7, 11) is 0. The van der Waals surface area contributed by atoms with E-state index < -0.39 is 0 Å². The number of fused-ring (bicyclic) bond motifs is 2. The second-order valence-corrected chi connectivity index (χ2v) is 22.0. The van der Waals surface area contributed by atoms with E-state index in [1.165, 1.54) is 0 Å². The zero-order valence-corrected chi connectivity index (χ0v) is 49.2. The third-order valence-corrected chi connectivity index (χ3v) is 16.1. The maximum Gasteiger partial charge on any atom is 0.165 e. The van der Waals surface area contributed by atoms with Crippen LogP contribution in [0.2, 0.25) is 0 Å². The molecule has 0 fully saturated rings. The third kappa shape index (κ3) is 10.9. The van der Waals surface area contributed by atoms with Crippen molar-refractivity contribution in [1.82, 2.24) is 59.8 Å². The van der Waals surface area contributed by atoms with Crippen molar-refractivity contribution in [1.29, 1.82) is 0 Å². The fraction of sp³-hybridized carbons (Fsp3) is 0. The summed E-state index contributed by atoms with van der Waals surface area (Å²) in [5.74, 6) is 6.43. The van der Waals surface area contributed by atoms with Crippen molar-refractivity contribution in [2.75, 3.05) is 0 Å². The Morgan fingerprint density at radius 3 is 0.728 bits per heavy atom. The lowest BCUT2D eigenvalue weighted by Gasteiger charge is -2.15. The van der Waals surface area contributed by atoms with Crippen LogP contribution >= 0.6 is 0 Å². The fourth-order valence-electron chi connectivity index (χ4n) is 11.6. The molecule has 0 N–H and O–H groups in total. The van der Waals surface area contributed by atoms with E-state index in [4.69, 9.17) is 59.8 Å². The van der Waals surface area contributed by atoms with Crippen molar-refractivity contribution in [3.63, 3.8) is 0 Å². The summed E-state index contributed by atoms with van der Waals surface area (Å²) in [4.78, 5) is 62.1. The molecule has 0 radical (unpaired) electrons. The van der Waals surface area contributed by atoms with Crippen molar-refractivity contribution in [2.24, 2.45) is 0 Å². The maximum atomic E-state index is 5.35. The van der Waals surface area contributed by atoms with E-state index in [1.807, 2.05) is 206 Å². The average Bonchev–Trinajstić information content (AvgIpc) is 0.857. The normalized spacial score (nSPS) is 11.3. The van der Waals surface area contributed by atoms with Crippen LogP contribution in [0.4, 0.5) is 0 Å². The molecule has 12 heteroatoms.